The zero-order valence-electron chi connectivity index (χ0n) is 23.3. The highest BCUT2D eigenvalue weighted by Crippen LogP contribution is 2.71. The number of hydrogen-bond donors (Lipinski definition) is 3. The number of rotatable bonds is 8. The summed E-state index contributed by atoms with van der Waals surface area (Å²) in [6.07, 6.45) is 2.66. The summed E-state index contributed by atoms with van der Waals surface area (Å²) in [6.45, 7) is 12.3. The molecule has 3 heterocycles. The molecular formula is C29H43N3O4S. The predicted molar refractivity (Wildman–Crippen MR) is 147 cm³/mol. The topological polar surface area (TPSA) is 98.7 Å². The molecule has 3 fully saturated rings. The summed E-state index contributed by atoms with van der Waals surface area (Å²) in [6, 6.07) is 8.42. The van der Waals surface area contributed by atoms with Gasteiger partial charge < -0.3 is 20.6 Å². The smallest absolute Gasteiger partial charge is 0.244 e. The summed E-state index contributed by atoms with van der Waals surface area (Å²) >= 11 is 1.66. The van der Waals surface area contributed by atoms with Crippen LogP contribution >= 0.6 is 11.8 Å². The molecule has 6 atom stereocenters. The quantitative estimate of drug-likeness (QED) is 0.481. The molecule has 3 amide bonds. The number of likely N-dealkylation sites (tertiary alicyclic amines) is 1. The Morgan fingerprint density at radius 3 is 2.35 bits per heavy atom. The Labute approximate surface area is 225 Å². The minimum absolute atomic E-state index is 0.00206. The molecule has 8 heteroatoms. The van der Waals surface area contributed by atoms with E-state index in [9.17, 15) is 19.5 Å². The van der Waals surface area contributed by atoms with Crippen LogP contribution in [0.1, 0.15) is 66.4 Å². The van der Waals surface area contributed by atoms with Crippen molar-refractivity contribution in [1.29, 1.82) is 0 Å². The molecule has 37 heavy (non-hydrogen) atoms. The fourth-order valence-electron chi connectivity index (χ4n) is 7.52. The Morgan fingerprint density at radius 1 is 1.14 bits per heavy atom. The fourth-order valence-corrected chi connectivity index (χ4v) is 9.86. The molecule has 1 spiro atoms. The van der Waals surface area contributed by atoms with Crippen LogP contribution in [0.2, 0.25) is 0 Å². The minimum Gasteiger partial charge on any atom is -0.394 e. The number of fused-ring (bicyclic) bond motifs is 1. The molecule has 7 nitrogen and oxygen atoms in total. The van der Waals surface area contributed by atoms with E-state index in [-0.39, 0.29) is 29.7 Å². The predicted octanol–water partition coefficient (Wildman–Crippen LogP) is 3.15. The molecule has 204 valence electrons. The lowest BCUT2D eigenvalue weighted by molar-refractivity contribution is -0.143. The van der Waals surface area contributed by atoms with Crippen molar-refractivity contribution in [2.75, 3.05) is 13.7 Å². The number of amides is 3. The number of aliphatic hydroxyl groups is 1. The van der Waals surface area contributed by atoms with Crippen LogP contribution in [0.5, 0.6) is 0 Å². The van der Waals surface area contributed by atoms with Crippen LogP contribution in [0, 0.1) is 17.3 Å². The lowest BCUT2D eigenvalue weighted by Crippen LogP contribution is -2.60. The average Bonchev–Trinajstić information content (AvgIpc) is 3.36. The largest absolute Gasteiger partial charge is 0.394 e. The van der Waals surface area contributed by atoms with Crippen molar-refractivity contribution in [3.05, 3.63) is 35.9 Å². The zero-order valence-corrected chi connectivity index (χ0v) is 24.1. The summed E-state index contributed by atoms with van der Waals surface area (Å²) < 4.78 is -1.10. The van der Waals surface area contributed by atoms with Gasteiger partial charge in [0.2, 0.25) is 17.7 Å². The van der Waals surface area contributed by atoms with Gasteiger partial charge in [-0.05, 0) is 57.4 Å². The van der Waals surface area contributed by atoms with E-state index < -0.39 is 39.0 Å². The van der Waals surface area contributed by atoms with E-state index in [0.29, 0.717) is 12.8 Å². The molecule has 3 N–H and O–H groups in total. The molecule has 0 aliphatic carbocycles. The number of carbonyl (C=O) groups is 3. The van der Waals surface area contributed by atoms with E-state index in [0.717, 1.165) is 18.4 Å². The van der Waals surface area contributed by atoms with Gasteiger partial charge in [-0.2, -0.15) is 0 Å². The first-order valence-electron chi connectivity index (χ1n) is 13.4. The summed E-state index contributed by atoms with van der Waals surface area (Å²) in [4.78, 5) is 43.3. The second-order valence-electron chi connectivity index (χ2n) is 13.2. The molecule has 0 aromatic heterocycles. The number of benzene rings is 1. The third kappa shape index (κ3) is 4.91. The first-order chi connectivity index (χ1) is 17.2. The monoisotopic (exact) mass is 529 g/mol. The number of nitrogens with zero attached hydrogens (tertiary/aromatic N) is 1. The van der Waals surface area contributed by atoms with Gasteiger partial charge in [-0.15, -0.1) is 11.8 Å². The van der Waals surface area contributed by atoms with Gasteiger partial charge in [0.05, 0.1) is 29.2 Å². The van der Waals surface area contributed by atoms with Crippen molar-refractivity contribution < 1.29 is 19.5 Å². The van der Waals surface area contributed by atoms with Crippen LogP contribution in [0.25, 0.3) is 0 Å². The van der Waals surface area contributed by atoms with Gasteiger partial charge in [0.15, 0.2) is 0 Å². The van der Waals surface area contributed by atoms with Gasteiger partial charge in [-0.1, -0.05) is 51.1 Å². The third-order valence-electron chi connectivity index (χ3n) is 8.34. The maximum atomic E-state index is 14.3. The maximum Gasteiger partial charge on any atom is 0.244 e. The van der Waals surface area contributed by atoms with E-state index in [1.54, 1.807) is 23.7 Å². The van der Waals surface area contributed by atoms with Crippen molar-refractivity contribution in [3.63, 3.8) is 0 Å². The van der Waals surface area contributed by atoms with Crippen LogP contribution < -0.4 is 10.6 Å². The van der Waals surface area contributed by atoms with Gasteiger partial charge in [0.25, 0.3) is 0 Å². The van der Waals surface area contributed by atoms with Crippen molar-refractivity contribution >= 4 is 29.5 Å². The Morgan fingerprint density at radius 2 is 1.78 bits per heavy atom. The number of aliphatic hydroxyl groups excluding tert-OH is 1. The number of nitrogens with one attached hydrogen (secondary N) is 2. The lowest BCUT2D eigenvalue weighted by atomic mass is 9.66. The second kappa shape index (κ2) is 9.60. The highest BCUT2D eigenvalue weighted by molar-refractivity contribution is 8.02. The standard InChI is InChI=1S/C29H43N3O4S/c1-26(2,3)17-27(4,5)31-24(35)22-29-14-13-28(6,37-29)20(23(34)30-7)21(29)25(36)32(22)19(16-33)15-18-11-9-8-10-12-18/h8-12,19-22,33H,13-17H2,1-7H3,(H,30,34)(H,31,35)/t19-,20-,21+,22?,28+,29?/m1/s1. The molecule has 4 rings (SSSR count). The molecule has 3 aliphatic rings. The minimum atomic E-state index is -0.758. The normalized spacial score (nSPS) is 31.8. The fraction of sp³-hybridized carbons (Fsp3) is 0.690. The first-order valence-corrected chi connectivity index (χ1v) is 14.2. The summed E-state index contributed by atoms with van der Waals surface area (Å²) in [5.41, 5.74) is 0.503. The molecule has 0 saturated carbocycles. The van der Waals surface area contributed by atoms with Crippen LogP contribution in [0.3, 0.4) is 0 Å². The van der Waals surface area contributed by atoms with E-state index >= 15 is 0 Å². The molecule has 3 aliphatic heterocycles. The van der Waals surface area contributed by atoms with Crippen LogP contribution in [-0.4, -0.2) is 68.5 Å². The number of thioether (sulfide) groups is 1. The number of carbonyl (C=O) groups excluding carboxylic acids is 3. The molecule has 2 bridgehead atoms. The van der Waals surface area contributed by atoms with Gasteiger partial charge >= 0.3 is 0 Å². The Balaban J connectivity index is 1.77. The van der Waals surface area contributed by atoms with Crippen LogP contribution in [0.4, 0.5) is 0 Å². The molecule has 1 aromatic rings. The van der Waals surface area contributed by atoms with Crippen molar-refractivity contribution in [1.82, 2.24) is 15.5 Å². The Bertz CT molecular complexity index is 1050. The van der Waals surface area contributed by atoms with Gasteiger partial charge in [-0.25, -0.2) is 0 Å². The molecule has 3 saturated heterocycles. The molecule has 0 radical (unpaired) electrons. The molecular weight excluding hydrogens is 486 g/mol. The molecule has 2 unspecified atom stereocenters. The maximum absolute atomic E-state index is 14.3. The van der Waals surface area contributed by atoms with E-state index in [4.69, 9.17) is 0 Å². The Hall–Kier alpha value is -2.06. The van der Waals surface area contributed by atoms with E-state index in [1.165, 1.54) is 0 Å². The average molecular weight is 530 g/mol. The van der Waals surface area contributed by atoms with Crippen molar-refractivity contribution in [3.8, 4) is 0 Å². The van der Waals surface area contributed by atoms with Crippen LogP contribution in [-0.2, 0) is 20.8 Å². The van der Waals surface area contributed by atoms with Crippen LogP contribution in [0.15, 0.2) is 30.3 Å². The third-order valence-corrected chi connectivity index (χ3v) is 10.3. The highest BCUT2D eigenvalue weighted by Gasteiger charge is 2.77. The first kappa shape index (κ1) is 28.0. The van der Waals surface area contributed by atoms with E-state index in [1.807, 2.05) is 44.2 Å². The zero-order chi connectivity index (χ0) is 27.4. The highest BCUT2D eigenvalue weighted by atomic mass is 32.2. The SMILES string of the molecule is CNC(=O)[C@H]1[C@H]2C(=O)N([C@@H](CO)Cc3ccccc3)C(C(=O)NC(C)(C)CC(C)(C)C)C23CC[C@]1(C)S3. The summed E-state index contributed by atoms with van der Waals surface area (Å²) in [5.74, 6) is -1.63. The number of hydrogen-bond acceptors (Lipinski definition) is 5. The van der Waals surface area contributed by atoms with Crippen molar-refractivity contribution in [2.24, 2.45) is 17.3 Å². The summed E-state index contributed by atoms with van der Waals surface area (Å²) in [7, 11) is 1.61. The van der Waals surface area contributed by atoms with Gasteiger partial charge in [-0.3, -0.25) is 14.4 Å². The molecule has 1 aromatic carbocycles. The summed E-state index contributed by atoms with van der Waals surface area (Å²) in [5, 5.41) is 16.6. The van der Waals surface area contributed by atoms with Crippen molar-refractivity contribution in [2.45, 2.75) is 94.3 Å². The Kier molecular flexibility index (Phi) is 7.25. The van der Waals surface area contributed by atoms with E-state index in [2.05, 4.69) is 38.3 Å². The second-order valence-corrected chi connectivity index (χ2v) is 15.1. The van der Waals surface area contributed by atoms with Gasteiger partial charge in [0.1, 0.15) is 6.04 Å². The lowest BCUT2D eigenvalue weighted by Gasteiger charge is -2.40. The van der Waals surface area contributed by atoms with Gasteiger partial charge in [0, 0.05) is 17.3 Å².